The van der Waals surface area contributed by atoms with Gasteiger partial charge in [0.15, 0.2) is 0 Å². The summed E-state index contributed by atoms with van der Waals surface area (Å²) in [7, 11) is -3.85. The molecule has 1 amide bonds. The second kappa shape index (κ2) is 8.81. The Kier molecular flexibility index (Phi) is 6.32. The van der Waals surface area contributed by atoms with E-state index in [4.69, 9.17) is 16.3 Å². The average Bonchev–Trinajstić information content (AvgIpc) is 3.48. The fourth-order valence-corrected chi connectivity index (χ4v) is 4.23. The van der Waals surface area contributed by atoms with Crippen LogP contribution in [0.15, 0.2) is 30.3 Å². The van der Waals surface area contributed by atoms with Crippen molar-refractivity contribution in [1.82, 2.24) is 4.72 Å². The summed E-state index contributed by atoms with van der Waals surface area (Å²) in [5.41, 5.74) is 0.755. The molecular weight excluding hydrogens is 504 g/mol. The van der Waals surface area contributed by atoms with E-state index in [1.165, 1.54) is 18.2 Å². The van der Waals surface area contributed by atoms with Gasteiger partial charge in [-0.15, -0.1) is 13.2 Å². The molecule has 0 bridgehead atoms. The van der Waals surface area contributed by atoms with Crippen molar-refractivity contribution in [2.45, 2.75) is 31.2 Å². The SMILES string of the molecule is CS(=O)(=O)NC(=O)c1cc(C2CC2)c(F)cc1OC1CN(c2ccc(OC(F)(F)F)c(Cl)c2)C1. The Balaban J connectivity index is 1.47. The average molecular weight is 523 g/mol. The van der Waals surface area contributed by atoms with Gasteiger partial charge in [0.2, 0.25) is 10.0 Å². The maximum Gasteiger partial charge on any atom is 0.573 e. The summed E-state index contributed by atoms with van der Waals surface area (Å²) in [6.45, 7) is 0.546. The molecule has 13 heteroatoms. The second-order valence-electron chi connectivity index (χ2n) is 8.15. The van der Waals surface area contributed by atoms with Gasteiger partial charge in [-0.05, 0) is 48.6 Å². The van der Waals surface area contributed by atoms with Crippen LogP contribution in [0, 0.1) is 5.82 Å². The van der Waals surface area contributed by atoms with Gasteiger partial charge in [-0.1, -0.05) is 11.6 Å². The Morgan fingerprint density at radius 3 is 2.38 bits per heavy atom. The predicted octanol–water partition coefficient (Wildman–Crippen LogP) is 4.21. The minimum absolute atomic E-state index is 0.0212. The first kappa shape index (κ1) is 24.4. The molecule has 1 saturated heterocycles. The number of carbonyl (C=O) groups excluding carboxylic acids is 1. The number of hydrogen-bond acceptors (Lipinski definition) is 6. The van der Waals surface area contributed by atoms with Crippen LogP contribution in [0.5, 0.6) is 11.5 Å². The van der Waals surface area contributed by atoms with Crippen molar-refractivity contribution in [3.8, 4) is 11.5 Å². The highest BCUT2D eigenvalue weighted by Crippen LogP contribution is 2.43. The fourth-order valence-electron chi connectivity index (χ4n) is 3.57. The van der Waals surface area contributed by atoms with Gasteiger partial charge < -0.3 is 14.4 Å². The van der Waals surface area contributed by atoms with Crippen molar-refractivity contribution in [1.29, 1.82) is 0 Å². The van der Waals surface area contributed by atoms with Crippen LogP contribution in [-0.2, 0) is 10.0 Å². The van der Waals surface area contributed by atoms with Gasteiger partial charge in [0.05, 0.1) is 29.9 Å². The number of halogens is 5. The number of amides is 1. The summed E-state index contributed by atoms with van der Waals surface area (Å²) in [6, 6.07) is 6.21. The van der Waals surface area contributed by atoms with E-state index in [1.807, 2.05) is 4.72 Å². The minimum Gasteiger partial charge on any atom is -0.486 e. The molecule has 184 valence electrons. The lowest BCUT2D eigenvalue weighted by Gasteiger charge is -2.41. The van der Waals surface area contributed by atoms with Gasteiger partial charge in [0.25, 0.3) is 5.91 Å². The molecule has 1 saturated carbocycles. The normalized spacial score (nSPS) is 16.7. The number of nitrogens with zero attached hydrogens (tertiary/aromatic N) is 1. The Hall–Kier alpha value is -2.73. The van der Waals surface area contributed by atoms with E-state index in [0.29, 0.717) is 11.3 Å². The standard InChI is InChI=1S/C21H19ClF4N2O5S/c1-34(30,31)27-20(29)15-7-14(11-2-3-11)17(23)8-19(15)32-13-9-28(10-13)12-4-5-18(16(22)6-12)33-21(24,25)26/h4-8,11,13H,2-3,9-10H2,1H3,(H,27,29). The van der Waals surface area contributed by atoms with Crippen molar-refractivity contribution in [2.75, 3.05) is 24.2 Å². The van der Waals surface area contributed by atoms with Crippen molar-refractivity contribution < 1.29 is 40.2 Å². The highest BCUT2D eigenvalue weighted by atomic mass is 35.5. The maximum atomic E-state index is 14.6. The monoisotopic (exact) mass is 522 g/mol. The van der Waals surface area contributed by atoms with Crippen LogP contribution in [0.1, 0.15) is 34.7 Å². The summed E-state index contributed by atoms with van der Waals surface area (Å²) >= 11 is 5.88. The Morgan fingerprint density at radius 2 is 1.82 bits per heavy atom. The van der Waals surface area contributed by atoms with E-state index in [2.05, 4.69) is 4.74 Å². The number of rotatable bonds is 7. The molecule has 0 unspecified atom stereocenters. The van der Waals surface area contributed by atoms with Gasteiger partial charge in [-0.2, -0.15) is 0 Å². The lowest BCUT2D eigenvalue weighted by molar-refractivity contribution is -0.274. The van der Waals surface area contributed by atoms with Crippen molar-refractivity contribution >= 4 is 33.2 Å². The van der Waals surface area contributed by atoms with Crippen LogP contribution in [0.25, 0.3) is 0 Å². The van der Waals surface area contributed by atoms with Gasteiger partial charge in [0.1, 0.15) is 23.4 Å². The van der Waals surface area contributed by atoms with E-state index < -0.39 is 40.0 Å². The highest BCUT2D eigenvalue weighted by molar-refractivity contribution is 7.89. The molecule has 7 nitrogen and oxygen atoms in total. The summed E-state index contributed by atoms with van der Waals surface area (Å²) in [6.07, 6.45) is -2.97. The molecule has 1 aliphatic heterocycles. The minimum atomic E-state index is -4.87. The van der Waals surface area contributed by atoms with Crippen LogP contribution in [0.3, 0.4) is 0 Å². The molecule has 1 N–H and O–H groups in total. The van der Waals surface area contributed by atoms with Crippen molar-refractivity contribution in [2.24, 2.45) is 0 Å². The molecule has 1 aliphatic carbocycles. The lowest BCUT2D eigenvalue weighted by atomic mass is 10.0. The third-order valence-corrected chi connectivity index (χ3v) is 6.14. The molecule has 2 aromatic carbocycles. The fraction of sp³-hybridized carbons (Fsp3) is 0.381. The number of carbonyl (C=O) groups is 1. The number of nitrogens with one attached hydrogen (secondary N) is 1. The number of hydrogen-bond donors (Lipinski definition) is 1. The van der Waals surface area contributed by atoms with E-state index in [1.54, 1.807) is 4.90 Å². The molecule has 0 radical (unpaired) electrons. The van der Waals surface area contributed by atoms with Crippen LogP contribution in [-0.4, -0.2) is 46.1 Å². The number of ether oxygens (including phenoxy) is 2. The Labute approximate surface area is 197 Å². The molecule has 4 rings (SSSR count). The van der Waals surface area contributed by atoms with Crippen molar-refractivity contribution in [3.63, 3.8) is 0 Å². The van der Waals surface area contributed by atoms with Crippen LogP contribution < -0.4 is 19.1 Å². The number of benzene rings is 2. The number of alkyl halides is 3. The Morgan fingerprint density at radius 1 is 1.15 bits per heavy atom. The Bertz CT molecular complexity index is 1230. The van der Waals surface area contributed by atoms with Gasteiger partial charge >= 0.3 is 6.36 Å². The molecule has 0 aromatic heterocycles. The molecule has 1 heterocycles. The zero-order valence-electron chi connectivity index (χ0n) is 17.7. The van der Waals surface area contributed by atoms with E-state index in [-0.39, 0.29) is 35.3 Å². The quantitative estimate of drug-likeness (QED) is 0.548. The zero-order valence-corrected chi connectivity index (χ0v) is 19.2. The van der Waals surface area contributed by atoms with Gasteiger partial charge in [-0.25, -0.2) is 17.5 Å². The summed E-state index contributed by atoms with van der Waals surface area (Å²) < 4.78 is 86.3. The zero-order chi connectivity index (χ0) is 24.8. The van der Waals surface area contributed by atoms with E-state index >= 15 is 0 Å². The first-order valence-corrected chi connectivity index (χ1v) is 12.4. The van der Waals surface area contributed by atoms with Gasteiger partial charge in [-0.3, -0.25) is 4.79 Å². The molecule has 2 aromatic rings. The highest BCUT2D eigenvalue weighted by Gasteiger charge is 2.35. The number of sulfonamides is 1. The number of anilines is 1. The van der Waals surface area contributed by atoms with Gasteiger partial charge in [0, 0.05) is 11.8 Å². The van der Waals surface area contributed by atoms with Crippen LogP contribution >= 0.6 is 11.6 Å². The molecule has 0 spiro atoms. The summed E-state index contributed by atoms with van der Waals surface area (Å²) in [5, 5.41) is -0.225. The topological polar surface area (TPSA) is 84.9 Å². The first-order chi connectivity index (χ1) is 15.8. The second-order valence-corrected chi connectivity index (χ2v) is 10.3. The molecular formula is C21H19ClF4N2O5S. The molecule has 2 fully saturated rings. The van der Waals surface area contributed by atoms with Crippen LogP contribution in [0.2, 0.25) is 5.02 Å². The largest absolute Gasteiger partial charge is 0.573 e. The predicted molar refractivity (Wildman–Crippen MR) is 115 cm³/mol. The smallest absolute Gasteiger partial charge is 0.486 e. The van der Waals surface area contributed by atoms with Crippen LogP contribution in [0.4, 0.5) is 23.2 Å². The third-order valence-electron chi connectivity index (χ3n) is 5.29. The molecule has 0 atom stereocenters. The first-order valence-electron chi connectivity index (χ1n) is 10.1. The molecule has 2 aliphatic rings. The van der Waals surface area contributed by atoms with Crippen molar-refractivity contribution in [3.05, 3.63) is 52.3 Å². The summed E-state index contributed by atoms with van der Waals surface area (Å²) in [4.78, 5) is 14.3. The lowest BCUT2D eigenvalue weighted by Crippen LogP contribution is -2.54. The summed E-state index contributed by atoms with van der Waals surface area (Å²) in [5.74, 6) is -2.12. The van der Waals surface area contributed by atoms with E-state index in [0.717, 1.165) is 31.2 Å². The maximum absolute atomic E-state index is 14.6. The third kappa shape index (κ3) is 5.84. The molecule has 34 heavy (non-hydrogen) atoms. The van der Waals surface area contributed by atoms with E-state index in [9.17, 15) is 30.8 Å².